The summed E-state index contributed by atoms with van der Waals surface area (Å²) in [6.45, 7) is 13.7. The lowest BCUT2D eigenvalue weighted by Gasteiger charge is -2.30. The maximum atomic E-state index is 4.32. The van der Waals surface area contributed by atoms with Crippen molar-refractivity contribution in [3.05, 3.63) is 29.6 Å². The largest absolute Gasteiger partial charge is 0.356 e. The van der Waals surface area contributed by atoms with Crippen LogP contribution >= 0.6 is 0 Å². The van der Waals surface area contributed by atoms with Gasteiger partial charge in [-0.1, -0.05) is 6.07 Å². The van der Waals surface area contributed by atoms with Crippen LogP contribution in [0.25, 0.3) is 0 Å². The van der Waals surface area contributed by atoms with Crippen LogP contribution in [0.15, 0.2) is 23.3 Å². The first-order valence-corrected chi connectivity index (χ1v) is 8.55. The van der Waals surface area contributed by atoms with E-state index in [9.17, 15) is 0 Å². The Balaban J connectivity index is 2.30. The van der Waals surface area contributed by atoms with Gasteiger partial charge in [-0.3, -0.25) is 14.9 Å². The highest BCUT2D eigenvalue weighted by molar-refractivity contribution is 5.79. The smallest absolute Gasteiger partial charge is 0.191 e. The molecule has 130 valence electrons. The molecule has 23 heavy (non-hydrogen) atoms. The molecule has 2 N–H and O–H groups in total. The van der Waals surface area contributed by atoms with Crippen molar-refractivity contribution in [3.63, 3.8) is 0 Å². The quantitative estimate of drug-likeness (QED) is 0.570. The molecule has 0 unspecified atom stereocenters. The lowest BCUT2D eigenvalue weighted by Crippen LogP contribution is -2.45. The number of rotatable bonds is 8. The number of hydrogen-bond donors (Lipinski definition) is 2. The molecule has 1 aromatic heterocycles. The van der Waals surface area contributed by atoms with Crippen LogP contribution in [0.5, 0.6) is 0 Å². The van der Waals surface area contributed by atoms with E-state index in [0.29, 0.717) is 12.1 Å². The summed E-state index contributed by atoms with van der Waals surface area (Å²) in [7, 11) is 1.81. The standard InChI is InChI=1S/C18H33N5/c1-14(2)23(15(3)4)12-11-21-18(19-6)20-10-9-17-8-7-16(5)22-13-17/h7-8,13-15H,9-12H2,1-6H3,(H2,19,20,21). The van der Waals surface area contributed by atoms with Crippen LogP contribution in [0, 0.1) is 6.92 Å². The third-order valence-corrected chi connectivity index (χ3v) is 3.89. The molecule has 0 aliphatic rings. The number of nitrogens with one attached hydrogen (secondary N) is 2. The van der Waals surface area contributed by atoms with Gasteiger partial charge in [-0.2, -0.15) is 0 Å². The van der Waals surface area contributed by atoms with Gasteiger partial charge in [0.05, 0.1) is 0 Å². The van der Waals surface area contributed by atoms with Crippen LogP contribution in [0.4, 0.5) is 0 Å². The van der Waals surface area contributed by atoms with Gasteiger partial charge in [0.1, 0.15) is 0 Å². The third kappa shape index (κ3) is 7.46. The molecule has 0 aliphatic heterocycles. The van der Waals surface area contributed by atoms with E-state index in [-0.39, 0.29) is 0 Å². The lowest BCUT2D eigenvalue weighted by molar-refractivity contribution is 0.178. The van der Waals surface area contributed by atoms with Crippen molar-refractivity contribution in [1.82, 2.24) is 20.5 Å². The Morgan fingerprint density at radius 3 is 2.30 bits per heavy atom. The molecule has 0 saturated heterocycles. The average molecular weight is 319 g/mol. The molecular weight excluding hydrogens is 286 g/mol. The van der Waals surface area contributed by atoms with Crippen molar-refractivity contribution >= 4 is 5.96 Å². The van der Waals surface area contributed by atoms with E-state index in [0.717, 1.165) is 37.7 Å². The fraction of sp³-hybridized carbons (Fsp3) is 0.667. The maximum absolute atomic E-state index is 4.32. The van der Waals surface area contributed by atoms with Gasteiger partial charge >= 0.3 is 0 Å². The van der Waals surface area contributed by atoms with Gasteiger partial charge in [-0.05, 0) is 52.7 Å². The average Bonchev–Trinajstić information content (AvgIpc) is 2.50. The van der Waals surface area contributed by atoms with E-state index >= 15 is 0 Å². The van der Waals surface area contributed by atoms with E-state index in [1.807, 2.05) is 20.2 Å². The van der Waals surface area contributed by atoms with Crippen LogP contribution in [-0.2, 0) is 6.42 Å². The molecule has 0 aliphatic carbocycles. The van der Waals surface area contributed by atoms with E-state index in [4.69, 9.17) is 0 Å². The first kappa shape index (κ1) is 19.4. The van der Waals surface area contributed by atoms with Crippen molar-refractivity contribution in [2.75, 3.05) is 26.7 Å². The van der Waals surface area contributed by atoms with Gasteiger partial charge in [0, 0.05) is 50.7 Å². The van der Waals surface area contributed by atoms with E-state index in [2.05, 4.69) is 65.3 Å². The Kier molecular flexibility index (Phi) is 8.62. The second kappa shape index (κ2) is 10.2. The second-order valence-electron chi connectivity index (χ2n) is 6.41. The number of aryl methyl sites for hydroxylation is 1. The van der Waals surface area contributed by atoms with Gasteiger partial charge in [-0.15, -0.1) is 0 Å². The molecule has 0 saturated carbocycles. The molecule has 0 radical (unpaired) electrons. The first-order chi connectivity index (χ1) is 10.9. The second-order valence-corrected chi connectivity index (χ2v) is 6.41. The lowest BCUT2D eigenvalue weighted by atomic mass is 10.2. The molecule has 1 rings (SSSR count). The molecule has 0 amide bonds. The van der Waals surface area contributed by atoms with Gasteiger partial charge in [0.2, 0.25) is 0 Å². The highest BCUT2D eigenvalue weighted by Crippen LogP contribution is 2.03. The molecule has 1 aromatic rings. The fourth-order valence-electron chi connectivity index (χ4n) is 2.61. The molecular formula is C18H33N5. The van der Waals surface area contributed by atoms with Crippen LogP contribution in [0.1, 0.15) is 39.0 Å². The Morgan fingerprint density at radius 2 is 1.78 bits per heavy atom. The SMILES string of the molecule is CN=C(NCCc1ccc(C)nc1)NCCN(C(C)C)C(C)C. The van der Waals surface area contributed by atoms with Crippen LogP contribution in [0.3, 0.4) is 0 Å². The van der Waals surface area contributed by atoms with Gasteiger partial charge in [0.25, 0.3) is 0 Å². The first-order valence-electron chi connectivity index (χ1n) is 8.55. The van der Waals surface area contributed by atoms with Crippen molar-refractivity contribution in [1.29, 1.82) is 0 Å². The highest BCUT2D eigenvalue weighted by atomic mass is 15.2. The van der Waals surface area contributed by atoms with Crippen LogP contribution < -0.4 is 10.6 Å². The summed E-state index contributed by atoms with van der Waals surface area (Å²) < 4.78 is 0. The Labute approximate surface area is 141 Å². The summed E-state index contributed by atoms with van der Waals surface area (Å²) >= 11 is 0. The van der Waals surface area contributed by atoms with Crippen molar-refractivity contribution in [3.8, 4) is 0 Å². The molecule has 0 fully saturated rings. The minimum Gasteiger partial charge on any atom is -0.356 e. The van der Waals surface area contributed by atoms with Crippen LogP contribution in [0.2, 0.25) is 0 Å². The number of pyridine rings is 1. The van der Waals surface area contributed by atoms with E-state index in [1.165, 1.54) is 5.56 Å². The zero-order chi connectivity index (χ0) is 17.2. The van der Waals surface area contributed by atoms with Crippen molar-refractivity contribution in [2.45, 2.75) is 53.1 Å². The van der Waals surface area contributed by atoms with Gasteiger partial charge in [0.15, 0.2) is 5.96 Å². The number of nitrogens with zero attached hydrogens (tertiary/aromatic N) is 3. The number of guanidine groups is 1. The summed E-state index contributed by atoms with van der Waals surface area (Å²) in [6.07, 6.45) is 2.88. The predicted molar refractivity (Wildman–Crippen MR) is 99.0 cm³/mol. The molecule has 5 heteroatoms. The van der Waals surface area contributed by atoms with Crippen molar-refractivity contribution in [2.24, 2.45) is 4.99 Å². The zero-order valence-corrected chi connectivity index (χ0v) is 15.6. The highest BCUT2D eigenvalue weighted by Gasteiger charge is 2.12. The molecule has 0 aromatic carbocycles. The number of hydrogen-bond acceptors (Lipinski definition) is 3. The third-order valence-electron chi connectivity index (χ3n) is 3.89. The predicted octanol–water partition coefficient (Wildman–Crippen LogP) is 2.22. The Hall–Kier alpha value is -1.62. The molecule has 0 bridgehead atoms. The molecule has 0 spiro atoms. The Bertz CT molecular complexity index is 457. The normalized spacial score (nSPS) is 12.3. The molecule has 5 nitrogen and oxygen atoms in total. The summed E-state index contributed by atoms with van der Waals surface area (Å²) in [5.74, 6) is 0.859. The van der Waals surface area contributed by atoms with Gasteiger partial charge in [-0.25, -0.2) is 0 Å². The monoisotopic (exact) mass is 319 g/mol. The number of aromatic nitrogens is 1. The molecule has 0 atom stereocenters. The van der Waals surface area contributed by atoms with Crippen molar-refractivity contribution < 1.29 is 0 Å². The van der Waals surface area contributed by atoms with E-state index in [1.54, 1.807) is 0 Å². The Morgan fingerprint density at radius 1 is 1.13 bits per heavy atom. The zero-order valence-electron chi connectivity index (χ0n) is 15.6. The summed E-state index contributed by atoms with van der Waals surface area (Å²) in [5, 5.41) is 6.74. The van der Waals surface area contributed by atoms with Crippen LogP contribution in [-0.4, -0.2) is 54.6 Å². The summed E-state index contributed by atoms with van der Waals surface area (Å²) in [5.41, 5.74) is 2.29. The fourth-order valence-corrected chi connectivity index (χ4v) is 2.61. The minimum atomic E-state index is 0.556. The van der Waals surface area contributed by atoms with Gasteiger partial charge < -0.3 is 10.6 Å². The topological polar surface area (TPSA) is 52.6 Å². The molecule has 1 heterocycles. The number of aliphatic imine (C=N–C) groups is 1. The summed E-state index contributed by atoms with van der Waals surface area (Å²) in [6, 6.07) is 5.29. The van der Waals surface area contributed by atoms with E-state index < -0.39 is 0 Å². The summed E-state index contributed by atoms with van der Waals surface area (Å²) in [4.78, 5) is 11.1. The maximum Gasteiger partial charge on any atom is 0.191 e. The minimum absolute atomic E-state index is 0.556.